The van der Waals surface area contributed by atoms with E-state index in [4.69, 9.17) is 10.2 Å². The first-order valence-electron chi connectivity index (χ1n) is 4.64. The Hall–Kier alpha value is -0.643. The van der Waals surface area contributed by atoms with E-state index in [1.165, 1.54) is 5.19 Å². The molecule has 2 nitrogen and oxygen atoms in total. The molecule has 0 saturated carbocycles. The SMILES string of the molecule is CC(C)O[SiH](CN)c1ccccc1. The summed E-state index contributed by atoms with van der Waals surface area (Å²) < 4.78 is 5.80. The van der Waals surface area contributed by atoms with Gasteiger partial charge >= 0.3 is 0 Å². The number of rotatable bonds is 4. The van der Waals surface area contributed by atoms with Crippen LogP contribution in [-0.2, 0) is 4.43 Å². The molecule has 0 amide bonds. The highest BCUT2D eigenvalue weighted by Crippen LogP contribution is 1.94. The van der Waals surface area contributed by atoms with Gasteiger partial charge < -0.3 is 10.2 Å². The molecule has 0 aliphatic heterocycles. The predicted octanol–water partition coefficient (Wildman–Crippen LogP) is 0.540. The molecule has 1 rings (SSSR count). The zero-order valence-electron chi connectivity index (χ0n) is 8.23. The fourth-order valence-electron chi connectivity index (χ4n) is 1.27. The minimum absolute atomic E-state index is 0.278. The van der Waals surface area contributed by atoms with Crippen molar-refractivity contribution in [1.29, 1.82) is 0 Å². The van der Waals surface area contributed by atoms with Gasteiger partial charge in [0.2, 0.25) is 9.04 Å². The smallest absolute Gasteiger partial charge is 0.221 e. The summed E-state index contributed by atoms with van der Waals surface area (Å²) in [6.07, 6.45) is 0.947. The Kier molecular flexibility index (Phi) is 4.15. The summed E-state index contributed by atoms with van der Waals surface area (Å²) >= 11 is 0. The van der Waals surface area contributed by atoms with Gasteiger partial charge in [-0.15, -0.1) is 0 Å². The first-order valence-corrected chi connectivity index (χ1v) is 6.51. The standard InChI is InChI=1S/C10H17NOSi/c1-9(2)12-13(8-11)10-6-4-3-5-7-10/h3-7,9,13H,8,11H2,1-2H3. The van der Waals surface area contributed by atoms with Crippen molar-refractivity contribution in [2.24, 2.45) is 5.73 Å². The van der Waals surface area contributed by atoms with Crippen molar-refractivity contribution in [2.45, 2.75) is 20.0 Å². The van der Waals surface area contributed by atoms with Gasteiger partial charge in [0.05, 0.1) is 0 Å². The Labute approximate surface area is 81.4 Å². The molecule has 0 bridgehead atoms. The summed E-state index contributed by atoms with van der Waals surface area (Å²) in [5, 5.41) is 1.29. The zero-order chi connectivity index (χ0) is 9.68. The van der Waals surface area contributed by atoms with Crippen LogP contribution >= 0.6 is 0 Å². The molecule has 0 aromatic heterocycles. The molecule has 0 heterocycles. The van der Waals surface area contributed by atoms with Crippen molar-refractivity contribution in [3.8, 4) is 0 Å². The molecule has 3 heteroatoms. The van der Waals surface area contributed by atoms with E-state index >= 15 is 0 Å². The largest absolute Gasteiger partial charge is 0.412 e. The van der Waals surface area contributed by atoms with Crippen molar-refractivity contribution in [3.63, 3.8) is 0 Å². The number of hydrogen-bond acceptors (Lipinski definition) is 2. The molecular weight excluding hydrogens is 178 g/mol. The third-order valence-corrected chi connectivity index (χ3v) is 4.25. The van der Waals surface area contributed by atoms with Crippen LogP contribution < -0.4 is 10.9 Å². The second kappa shape index (κ2) is 5.17. The fraction of sp³-hybridized carbons (Fsp3) is 0.400. The number of hydrogen-bond donors (Lipinski definition) is 1. The van der Waals surface area contributed by atoms with Crippen LogP contribution in [0.4, 0.5) is 0 Å². The molecule has 1 aromatic rings. The van der Waals surface area contributed by atoms with Crippen LogP contribution in [0.5, 0.6) is 0 Å². The molecule has 72 valence electrons. The lowest BCUT2D eigenvalue weighted by Crippen LogP contribution is -2.42. The van der Waals surface area contributed by atoms with E-state index in [1.54, 1.807) is 0 Å². The second-order valence-corrected chi connectivity index (χ2v) is 5.71. The minimum atomic E-state index is -1.35. The maximum Gasteiger partial charge on any atom is 0.221 e. The quantitative estimate of drug-likeness (QED) is 0.712. The Morgan fingerprint density at radius 3 is 2.38 bits per heavy atom. The molecule has 1 unspecified atom stereocenters. The van der Waals surface area contributed by atoms with E-state index in [1.807, 2.05) is 18.2 Å². The Morgan fingerprint density at radius 1 is 1.31 bits per heavy atom. The number of benzene rings is 1. The van der Waals surface area contributed by atoms with E-state index in [0.717, 1.165) is 0 Å². The van der Waals surface area contributed by atoms with Crippen LogP contribution in [0.1, 0.15) is 13.8 Å². The van der Waals surface area contributed by atoms with E-state index in [2.05, 4.69) is 26.0 Å². The van der Waals surface area contributed by atoms with Crippen LogP contribution in [0.25, 0.3) is 0 Å². The molecule has 0 aliphatic carbocycles. The lowest BCUT2D eigenvalue weighted by molar-refractivity contribution is 0.248. The van der Waals surface area contributed by atoms with Gasteiger partial charge in [-0.1, -0.05) is 30.3 Å². The number of nitrogens with two attached hydrogens (primary N) is 1. The molecule has 0 radical (unpaired) electrons. The summed E-state index contributed by atoms with van der Waals surface area (Å²) in [6.45, 7) is 4.11. The molecule has 1 aromatic carbocycles. The first kappa shape index (κ1) is 10.4. The third-order valence-electron chi connectivity index (χ3n) is 1.82. The molecule has 0 saturated heterocycles. The zero-order valence-corrected chi connectivity index (χ0v) is 9.39. The Balaban J connectivity index is 2.67. The Morgan fingerprint density at radius 2 is 1.92 bits per heavy atom. The van der Waals surface area contributed by atoms with Crippen molar-refractivity contribution in [2.75, 3.05) is 6.17 Å². The normalized spacial score (nSPS) is 13.2. The summed E-state index contributed by atoms with van der Waals surface area (Å²) in [5.74, 6) is 0. The van der Waals surface area contributed by atoms with Gasteiger partial charge in [0.25, 0.3) is 0 Å². The maximum absolute atomic E-state index is 5.80. The molecular formula is C10H17NOSi. The second-order valence-electron chi connectivity index (χ2n) is 3.32. The van der Waals surface area contributed by atoms with Gasteiger partial charge in [0, 0.05) is 12.3 Å². The van der Waals surface area contributed by atoms with Crippen molar-refractivity contribution >= 4 is 14.2 Å². The van der Waals surface area contributed by atoms with Crippen molar-refractivity contribution in [3.05, 3.63) is 30.3 Å². The summed E-state index contributed by atoms with van der Waals surface area (Å²) in [7, 11) is -1.35. The van der Waals surface area contributed by atoms with Crippen molar-refractivity contribution < 1.29 is 4.43 Å². The van der Waals surface area contributed by atoms with Gasteiger partial charge in [0.15, 0.2) is 0 Å². The van der Waals surface area contributed by atoms with Gasteiger partial charge in [0.1, 0.15) is 0 Å². The summed E-state index contributed by atoms with van der Waals surface area (Å²) in [5.41, 5.74) is 5.69. The average Bonchev–Trinajstić information content (AvgIpc) is 2.15. The van der Waals surface area contributed by atoms with Gasteiger partial charge in [-0.25, -0.2) is 0 Å². The van der Waals surface area contributed by atoms with E-state index in [0.29, 0.717) is 6.17 Å². The molecule has 0 fully saturated rings. The summed E-state index contributed by atoms with van der Waals surface area (Å²) in [6, 6.07) is 10.3. The van der Waals surface area contributed by atoms with Gasteiger partial charge in [-0.05, 0) is 19.0 Å². The third kappa shape index (κ3) is 3.30. The minimum Gasteiger partial charge on any atom is -0.412 e. The topological polar surface area (TPSA) is 35.2 Å². The fourth-order valence-corrected chi connectivity index (χ4v) is 3.12. The lowest BCUT2D eigenvalue weighted by atomic mass is 10.4. The van der Waals surface area contributed by atoms with Gasteiger partial charge in [-0.2, -0.15) is 0 Å². The van der Waals surface area contributed by atoms with Crippen LogP contribution in [0.3, 0.4) is 0 Å². The first-order chi connectivity index (χ1) is 6.24. The van der Waals surface area contributed by atoms with E-state index < -0.39 is 9.04 Å². The molecule has 13 heavy (non-hydrogen) atoms. The Bertz CT molecular complexity index is 238. The summed E-state index contributed by atoms with van der Waals surface area (Å²) in [4.78, 5) is 0. The lowest BCUT2D eigenvalue weighted by Gasteiger charge is -2.17. The van der Waals surface area contributed by atoms with Crippen LogP contribution in [0, 0.1) is 0 Å². The highest BCUT2D eigenvalue weighted by atomic mass is 28.3. The highest BCUT2D eigenvalue weighted by molar-refractivity contribution is 6.67. The maximum atomic E-state index is 5.80. The van der Waals surface area contributed by atoms with Gasteiger partial charge in [-0.3, -0.25) is 0 Å². The molecule has 0 aliphatic rings. The molecule has 2 N–H and O–H groups in total. The van der Waals surface area contributed by atoms with Crippen LogP contribution in [0.2, 0.25) is 0 Å². The van der Waals surface area contributed by atoms with E-state index in [-0.39, 0.29) is 6.10 Å². The van der Waals surface area contributed by atoms with Crippen LogP contribution in [-0.4, -0.2) is 21.3 Å². The molecule has 0 spiro atoms. The predicted molar refractivity (Wildman–Crippen MR) is 58.5 cm³/mol. The highest BCUT2D eigenvalue weighted by Gasteiger charge is 2.13. The van der Waals surface area contributed by atoms with Crippen molar-refractivity contribution in [1.82, 2.24) is 0 Å². The average molecular weight is 195 g/mol. The molecule has 1 atom stereocenters. The van der Waals surface area contributed by atoms with Crippen LogP contribution in [0.15, 0.2) is 30.3 Å². The van der Waals surface area contributed by atoms with E-state index in [9.17, 15) is 0 Å². The monoisotopic (exact) mass is 195 g/mol.